The molecule has 0 unspecified atom stereocenters. The van der Waals surface area contributed by atoms with Gasteiger partial charge in [0.1, 0.15) is 5.65 Å². The van der Waals surface area contributed by atoms with Crippen molar-refractivity contribution in [1.82, 2.24) is 9.38 Å². The molecule has 0 aliphatic heterocycles. The summed E-state index contributed by atoms with van der Waals surface area (Å²) in [5.41, 5.74) is 2.75. The first-order valence-corrected chi connectivity index (χ1v) is 8.37. The number of carbonyl (C=O) groups excluding carboxylic acids is 1. The van der Waals surface area contributed by atoms with E-state index >= 15 is 0 Å². The predicted octanol–water partition coefficient (Wildman–Crippen LogP) is 4.28. The standard InChI is InChI=1S/C19H17N3O3/c23-18(9-13-3-1-4-13)15-7-8-19-20-17(12-21(19)11-15)14-5-2-6-16(10-14)22(24)25/h2,5-8,10-13H,1,3-4,9H2. The molecule has 6 nitrogen and oxygen atoms in total. The molecule has 0 radical (unpaired) electrons. The van der Waals surface area contributed by atoms with Gasteiger partial charge in [0.05, 0.1) is 10.6 Å². The fourth-order valence-corrected chi connectivity index (χ4v) is 3.15. The summed E-state index contributed by atoms with van der Waals surface area (Å²) in [5, 5.41) is 10.9. The fourth-order valence-electron chi connectivity index (χ4n) is 3.15. The molecule has 6 heteroatoms. The lowest BCUT2D eigenvalue weighted by molar-refractivity contribution is -0.384. The monoisotopic (exact) mass is 335 g/mol. The van der Waals surface area contributed by atoms with Crippen molar-refractivity contribution in [2.24, 2.45) is 5.92 Å². The van der Waals surface area contributed by atoms with E-state index in [0.717, 1.165) is 12.8 Å². The lowest BCUT2D eigenvalue weighted by Crippen LogP contribution is -2.16. The number of fused-ring (bicyclic) bond motifs is 1. The van der Waals surface area contributed by atoms with Gasteiger partial charge in [0.15, 0.2) is 5.78 Å². The van der Waals surface area contributed by atoms with Gasteiger partial charge in [0.2, 0.25) is 0 Å². The van der Waals surface area contributed by atoms with Crippen LogP contribution in [0.2, 0.25) is 0 Å². The number of nitro benzene ring substituents is 1. The topological polar surface area (TPSA) is 77.5 Å². The van der Waals surface area contributed by atoms with Gasteiger partial charge in [-0.25, -0.2) is 4.98 Å². The van der Waals surface area contributed by atoms with Gasteiger partial charge in [-0.2, -0.15) is 0 Å². The Morgan fingerprint density at radius 1 is 1.24 bits per heavy atom. The quantitative estimate of drug-likeness (QED) is 0.396. The maximum absolute atomic E-state index is 12.4. The lowest BCUT2D eigenvalue weighted by atomic mass is 9.81. The van der Waals surface area contributed by atoms with E-state index in [-0.39, 0.29) is 11.5 Å². The molecule has 25 heavy (non-hydrogen) atoms. The van der Waals surface area contributed by atoms with Gasteiger partial charge in [-0.1, -0.05) is 31.4 Å². The Labute approximate surface area is 144 Å². The molecule has 2 aromatic heterocycles. The first-order chi connectivity index (χ1) is 12.1. The summed E-state index contributed by atoms with van der Waals surface area (Å²) in [6.07, 6.45) is 7.73. The normalized spacial score (nSPS) is 14.4. The van der Waals surface area contributed by atoms with Crippen LogP contribution in [0.1, 0.15) is 36.0 Å². The Morgan fingerprint density at radius 3 is 2.80 bits per heavy atom. The van der Waals surface area contributed by atoms with Crippen LogP contribution in [-0.2, 0) is 0 Å². The molecule has 2 heterocycles. The van der Waals surface area contributed by atoms with E-state index in [2.05, 4.69) is 4.98 Å². The van der Waals surface area contributed by atoms with Gasteiger partial charge in [-0.3, -0.25) is 14.9 Å². The third-order valence-electron chi connectivity index (χ3n) is 4.82. The first-order valence-electron chi connectivity index (χ1n) is 8.37. The fraction of sp³-hybridized carbons (Fsp3) is 0.263. The first kappa shape index (κ1) is 15.5. The number of carbonyl (C=O) groups is 1. The zero-order chi connectivity index (χ0) is 17.4. The lowest BCUT2D eigenvalue weighted by Gasteiger charge is -2.24. The summed E-state index contributed by atoms with van der Waals surface area (Å²) >= 11 is 0. The minimum Gasteiger partial charge on any atom is -0.306 e. The second kappa shape index (κ2) is 6.12. The Morgan fingerprint density at radius 2 is 2.08 bits per heavy atom. The highest BCUT2D eigenvalue weighted by Crippen LogP contribution is 2.30. The van der Waals surface area contributed by atoms with E-state index < -0.39 is 4.92 Å². The van der Waals surface area contributed by atoms with Crippen LogP contribution in [0.4, 0.5) is 5.69 Å². The Kier molecular flexibility index (Phi) is 3.80. The Hall–Kier alpha value is -3.02. The Bertz CT molecular complexity index is 973. The van der Waals surface area contributed by atoms with Crippen molar-refractivity contribution in [3.8, 4) is 11.3 Å². The van der Waals surface area contributed by atoms with Crippen LogP contribution < -0.4 is 0 Å². The van der Waals surface area contributed by atoms with Crippen LogP contribution in [0.3, 0.4) is 0 Å². The summed E-state index contributed by atoms with van der Waals surface area (Å²) in [4.78, 5) is 27.4. The molecule has 0 amide bonds. The molecule has 3 aromatic rings. The molecule has 0 bridgehead atoms. The van der Waals surface area contributed by atoms with Gasteiger partial charge < -0.3 is 4.40 Å². The summed E-state index contributed by atoms with van der Waals surface area (Å²) in [7, 11) is 0. The number of benzene rings is 1. The molecule has 0 saturated heterocycles. The molecule has 1 aromatic carbocycles. The molecule has 0 spiro atoms. The third-order valence-corrected chi connectivity index (χ3v) is 4.82. The second-order valence-corrected chi connectivity index (χ2v) is 6.54. The number of ketones is 1. The molecule has 0 N–H and O–H groups in total. The molecule has 1 fully saturated rings. The molecule has 0 atom stereocenters. The minimum absolute atomic E-state index is 0.0333. The number of non-ortho nitro benzene ring substituents is 1. The van der Waals surface area contributed by atoms with Crippen LogP contribution in [0.15, 0.2) is 48.8 Å². The third kappa shape index (κ3) is 3.03. The van der Waals surface area contributed by atoms with Gasteiger partial charge in [-0.15, -0.1) is 0 Å². The zero-order valence-electron chi connectivity index (χ0n) is 13.6. The van der Waals surface area contributed by atoms with Crippen molar-refractivity contribution in [2.75, 3.05) is 0 Å². The number of nitrogens with zero attached hydrogens (tertiary/aromatic N) is 3. The summed E-state index contributed by atoms with van der Waals surface area (Å²) < 4.78 is 1.81. The summed E-state index contributed by atoms with van der Waals surface area (Å²) in [6, 6.07) is 10.0. The number of hydrogen-bond donors (Lipinski definition) is 0. The van der Waals surface area contributed by atoms with Crippen LogP contribution in [-0.4, -0.2) is 20.1 Å². The second-order valence-electron chi connectivity index (χ2n) is 6.54. The van der Waals surface area contributed by atoms with Crippen molar-refractivity contribution in [3.05, 3.63) is 64.5 Å². The van der Waals surface area contributed by atoms with Crippen molar-refractivity contribution < 1.29 is 9.72 Å². The average Bonchev–Trinajstić information content (AvgIpc) is 3.01. The van der Waals surface area contributed by atoms with Crippen LogP contribution in [0.5, 0.6) is 0 Å². The Balaban J connectivity index is 1.65. The maximum Gasteiger partial charge on any atom is 0.270 e. The van der Waals surface area contributed by atoms with Gasteiger partial charge in [-0.05, 0) is 18.1 Å². The van der Waals surface area contributed by atoms with Gasteiger partial charge in [0.25, 0.3) is 5.69 Å². The van der Waals surface area contributed by atoms with E-state index in [9.17, 15) is 14.9 Å². The van der Waals surface area contributed by atoms with E-state index in [1.807, 2.05) is 10.5 Å². The smallest absolute Gasteiger partial charge is 0.270 e. The molecule has 4 rings (SSSR count). The highest BCUT2D eigenvalue weighted by Gasteiger charge is 2.21. The van der Waals surface area contributed by atoms with Crippen LogP contribution in [0, 0.1) is 16.0 Å². The number of hydrogen-bond acceptors (Lipinski definition) is 4. The minimum atomic E-state index is -0.420. The average molecular weight is 335 g/mol. The number of aromatic nitrogens is 2. The summed E-state index contributed by atoms with van der Waals surface area (Å²) in [6.45, 7) is 0. The summed E-state index contributed by atoms with van der Waals surface area (Å²) in [5.74, 6) is 0.698. The largest absolute Gasteiger partial charge is 0.306 e. The van der Waals surface area contributed by atoms with Crippen LogP contribution >= 0.6 is 0 Å². The molecular weight excluding hydrogens is 318 g/mol. The number of nitro groups is 1. The maximum atomic E-state index is 12.4. The number of pyridine rings is 1. The molecule has 1 aliphatic rings. The highest BCUT2D eigenvalue weighted by molar-refractivity contribution is 5.96. The zero-order valence-corrected chi connectivity index (χ0v) is 13.6. The number of rotatable bonds is 5. The van der Waals surface area contributed by atoms with Gasteiger partial charge in [0, 0.05) is 42.1 Å². The predicted molar refractivity (Wildman–Crippen MR) is 93.6 cm³/mol. The molecule has 126 valence electrons. The number of Topliss-reactive ketones (excluding diaryl/α,β-unsaturated/α-hetero) is 1. The molecule has 1 aliphatic carbocycles. The van der Waals surface area contributed by atoms with Crippen molar-refractivity contribution >= 4 is 17.1 Å². The van der Waals surface area contributed by atoms with E-state index in [1.165, 1.54) is 18.6 Å². The van der Waals surface area contributed by atoms with E-state index in [0.29, 0.717) is 34.8 Å². The van der Waals surface area contributed by atoms with Crippen LogP contribution in [0.25, 0.3) is 16.9 Å². The van der Waals surface area contributed by atoms with Crippen molar-refractivity contribution in [1.29, 1.82) is 0 Å². The van der Waals surface area contributed by atoms with Crippen molar-refractivity contribution in [3.63, 3.8) is 0 Å². The SMILES string of the molecule is O=C(CC1CCC1)c1ccc2nc(-c3cccc([N+](=O)[O-])c3)cn2c1. The van der Waals surface area contributed by atoms with E-state index in [4.69, 9.17) is 0 Å². The molecule has 1 saturated carbocycles. The number of imidazole rings is 1. The van der Waals surface area contributed by atoms with Gasteiger partial charge >= 0.3 is 0 Å². The molecular formula is C19H17N3O3. The van der Waals surface area contributed by atoms with E-state index in [1.54, 1.807) is 30.6 Å². The van der Waals surface area contributed by atoms with Crippen molar-refractivity contribution in [2.45, 2.75) is 25.7 Å². The highest BCUT2D eigenvalue weighted by atomic mass is 16.6.